The van der Waals surface area contributed by atoms with Crippen molar-refractivity contribution in [2.45, 2.75) is 175 Å². The van der Waals surface area contributed by atoms with Crippen LogP contribution in [0.4, 0.5) is 93.0 Å². The SMILES string of the molecule is C[C@@H]1CN(c2c(C(F)F)cnc3cc(C4CC4)ccc23)CC[C@@H]1C(=O)N1CCn2c(nnc2C(F)(F)F)C1.C[C@@H]1CN(c2ccnc3cc(OCC4CC4)ccc23)CC[C@@H]1C(=O)N1CCn2c(nnc2C(F)(F)F)C1.C[C@@H]1CN(c2ccnc3ccc(F)cc23)CC[C@@H]1C(=O)N1CCn2c(nnc2C(F)(F)F)C1.Cc1cc(N2CC[C@H](C(=O)N3CCn4c(nnc4C(F)(F)F)C3)[C@H](C)C2)c2cc(F)ccc2n1. The summed E-state index contributed by atoms with van der Waals surface area (Å²) in [6.45, 7) is 16.1. The van der Waals surface area contributed by atoms with Gasteiger partial charge in [-0.15, -0.1) is 40.8 Å². The molecular weight excluding hydrogens is 1890 g/mol. The molecule has 0 radical (unpaired) electrons. The Morgan fingerprint density at radius 2 is 0.761 bits per heavy atom. The van der Waals surface area contributed by atoms with Gasteiger partial charge in [0.15, 0.2) is 23.3 Å². The quantitative estimate of drug-likeness (QED) is 0.0970. The van der Waals surface area contributed by atoms with Gasteiger partial charge < -0.3 is 62.2 Å². The predicted molar refractivity (Wildman–Crippen MR) is 486 cm³/mol. The lowest BCUT2D eigenvalue weighted by atomic mass is 9.85. The number of anilines is 4. The van der Waals surface area contributed by atoms with Gasteiger partial charge in [0.25, 0.3) is 6.43 Å². The van der Waals surface area contributed by atoms with Crippen LogP contribution in [0, 0.1) is 71.8 Å². The topological polar surface area (TPSA) is 278 Å². The number of amides is 4. The second-order valence-corrected chi connectivity index (χ2v) is 38.8. The first-order valence-corrected chi connectivity index (χ1v) is 47.7. The minimum absolute atomic E-state index is 0.00358. The lowest BCUT2D eigenvalue weighted by Crippen LogP contribution is -2.49. The maximum absolute atomic E-state index is 14.1. The van der Waals surface area contributed by atoms with E-state index in [1.807, 2.05) is 87.3 Å². The summed E-state index contributed by atoms with van der Waals surface area (Å²) in [4.78, 5) is 85.9. The van der Waals surface area contributed by atoms with E-state index < -0.39 is 54.4 Å². The number of nitrogens with zero attached hydrogens (tertiary/aromatic N) is 24. The molecule has 12 aromatic rings. The number of carbonyl (C=O) groups excluding carboxylic acids is 4. The molecule has 45 heteroatoms. The summed E-state index contributed by atoms with van der Waals surface area (Å²) in [7, 11) is 0. The number of ether oxygens (including phenoxy) is 1. The monoisotopic (exact) mass is 1990 g/mol. The van der Waals surface area contributed by atoms with Crippen LogP contribution >= 0.6 is 0 Å². The number of pyridine rings is 4. The molecule has 6 fully saturated rings. The average Bonchev–Trinajstić information content (AvgIpc) is 1.11. The molecule has 0 unspecified atom stereocenters. The summed E-state index contributed by atoms with van der Waals surface area (Å²) >= 11 is 0. The van der Waals surface area contributed by atoms with Crippen molar-refractivity contribution in [2.24, 2.45) is 53.3 Å². The second-order valence-electron chi connectivity index (χ2n) is 38.8. The van der Waals surface area contributed by atoms with Gasteiger partial charge in [-0.2, -0.15) is 52.7 Å². The van der Waals surface area contributed by atoms with E-state index >= 15 is 0 Å². The number of halogens is 16. The summed E-state index contributed by atoms with van der Waals surface area (Å²) < 4.78 is 223. The van der Waals surface area contributed by atoms with E-state index in [4.69, 9.17) is 4.74 Å². The van der Waals surface area contributed by atoms with Crippen molar-refractivity contribution in [3.05, 3.63) is 185 Å². The van der Waals surface area contributed by atoms with Gasteiger partial charge in [-0.1, -0.05) is 39.8 Å². The Morgan fingerprint density at radius 1 is 0.380 bits per heavy atom. The summed E-state index contributed by atoms with van der Waals surface area (Å²) in [5.74, 6) is -3.56. The fourth-order valence-electron chi connectivity index (χ4n) is 21.4. The van der Waals surface area contributed by atoms with Crippen molar-refractivity contribution in [1.82, 2.24) is 98.6 Å². The van der Waals surface area contributed by atoms with E-state index in [1.165, 1.54) is 53.8 Å². The maximum atomic E-state index is 14.1. The third-order valence-corrected chi connectivity index (χ3v) is 29.1. The molecule has 142 heavy (non-hydrogen) atoms. The maximum Gasteiger partial charge on any atom is 0.451 e. The van der Waals surface area contributed by atoms with Crippen LogP contribution in [0.2, 0.25) is 0 Å². The van der Waals surface area contributed by atoms with Crippen molar-refractivity contribution in [1.29, 1.82) is 0 Å². The first-order chi connectivity index (χ1) is 67.7. The molecule has 2 aliphatic carbocycles. The Hall–Kier alpha value is -13.2. The van der Waals surface area contributed by atoms with Crippen LogP contribution in [-0.2, 0) is 96.2 Å². The molecule has 4 saturated heterocycles. The Labute approximate surface area is 803 Å². The lowest BCUT2D eigenvalue weighted by molar-refractivity contribution is -0.149. The molecule has 4 aromatic carbocycles. The molecular formula is C97H102F16N24O5. The predicted octanol–water partition coefficient (Wildman–Crippen LogP) is 16.6. The molecule has 4 amide bonds. The first kappa shape index (κ1) is 97.7. The van der Waals surface area contributed by atoms with Gasteiger partial charge in [-0.25, -0.2) is 17.6 Å². The van der Waals surface area contributed by atoms with Crippen LogP contribution in [0.3, 0.4) is 0 Å². The molecule has 0 spiro atoms. The van der Waals surface area contributed by atoms with Gasteiger partial charge in [0.1, 0.15) is 17.4 Å². The Balaban J connectivity index is 0.000000120. The fourth-order valence-corrected chi connectivity index (χ4v) is 21.4. The molecule has 8 atom stereocenters. The Morgan fingerprint density at radius 3 is 1.17 bits per heavy atom. The van der Waals surface area contributed by atoms with E-state index in [1.54, 1.807) is 33.0 Å². The number of rotatable bonds is 13. The Kier molecular flexibility index (Phi) is 26.8. The third-order valence-electron chi connectivity index (χ3n) is 29.1. The summed E-state index contributed by atoms with van der Waals surface area (Å²) in [5.41, 5.74) is 8.21. The molecule has 2 saturated carbocycles. The van der Waals surface area contributed by atoms with Gasteiger partial charge in [0.05, 0.1) is 66.1 Å². The highest BCUT2D eigenvalue weighted by Crippen LogP contribution is 2.47. The van der Waals surface area contributed by atoms with Crippen LogP contribution in [0.15, 0.2) is 110 Å². The zero-order valence-corrected chi connectivity index (χ0v) is 78.1. The lowest BCUT2D eigenvalue weighted by Gasteiger charge is -2.41. The van der Waals surface area contributed by atoms with Gasteiger partial charge >= 0.3 is 24.7 Å². The number of hydrogen-bond acceptors (Lipinski definition) is 21. The standard InChI is InChI=1S/C26H27F5N6O.C26H29F3N6O2.C23H24F4N6O.C22H22F4N6O/c1-14-12-35(22-18-5-4-16(15-2-3-15)10-20(18)32-11-19(22)23(27)28)7-6-17(14)24(38)36-8-9-37-21(13-36)33-34-25(37)26(29,30)31;1-16-13-33(22-6-8-30-21-12-18(4-5-20(21)22)37-15-17-2-3-17)9-7-19(16)24(36)34-10-11-35-23(14-34)31-32-25(35)26(27,28)29;1-13-11-31(19-9-14(2)28-18-4-3-15(24)10-17(18)19)6-5-16(13)21(34)32-7-8-33-20(12-32)29-30-22(33)23(25,26)27;1-13-11-30(18-4-6-27-17-3-2-14(23)10-16(17)18)7-5-15(13)20(33)31-8-9-32-19(12-31)28-29-21(32)22(24,25)26/h4-5,10-11,14-15,17,23H,2-3,6-9,12-13H2,1H3;4-6,8,12,16-17,19H,2-3,7,9-11,13-15H2,1H3;3-4,9-10,13,16H,5-8,11-12H2,1-2H3;2-4,6,10,13,15H,5,7-9,11-12H2,1H3/t14-,17+;16-,19+;13-,16+;13-,15+/m1111/s1. The van der Waals surface area contributed by atoms with Crippen LogP contribution < -0.4 is 24.3 Å². The highest BCUT2D eigenvalue weighted by molar-refractivity contribution is 5.96. The summed E-state index contributed by atoms with van der Waals surface area (Å²) in [5, 5.41) is 31.0. The molecule has 29 nitrogen and oxygen atoms in total. The highest BCUT2D eigenvalue weighted by Gasteiger charge is 2.48. The number of alkyl halides is 14. The van der Waals surface area contributed by atoms with E-state index in [0.717, 1.165) is 93.4 Å². The number of aryl methyl sites for hydroxylation is 1. The highest BCUT2D eigenvalue weighted by atomic mass is 19.4. The molecule has 8 aliphatic heterocycles. The van der Waals surface area contributed by atoms with Gasteiger partial charge in [-0.05, 0) is 172 Å². The molecule has 0 bridgehead atoms. The number of carbonyl (C=O) groups is 4. The first-order valence-electron chi connectivity index (χ1n) is 47.7. The van der Waals surface area contributed by atoms with Crippen molar-refractivity contribution >= 4 is 90.0 Å². The van der Waals surface area contributed by atoms with E-state index in [2.05, 4.69) is 88.4 Å². The normalized spacial score (nSPS) is 21.8. The number of aromatic nitrogens is 16. The average molecular weight is 1990 g/mol. The summed E-state index contributed by atoms with van der Waals surface area (Å²) in [6, 6.07) is 26.8. The van der Waals surface area contributed by atoms with E-state index in [0.29, 0.717) is 112 Å². The van der Waals surface area contributed by atoms with Crippen molar-refractivity contribution in [3.63, 3.8) is 0 Å². The zero-order valence-electron chi connectivity index (χ0n) is 78.1. The molecule has 16 heterocycles. The van der Waals surface area contributed by atoms with Gasteiger partial charge in [0.2, 0.25) is 46.9 Å². The number of piperidine rings is 4. The molecule has 752 valence electrons. The number of benzene rings is 4. The number of fused-ring (bicyclic) bond motifs is 8. The van der Waals surface area contributed by atoms with Crippen LogP contribution in [-0.4, -0.2) is 207 Å². The number of hydrogen-bond donors (Lipinski definition) is 0. The molecule has 8 aromatic heterocycles. The minimum Gasteiger partial charge on any atom is -0.493 e. The van der Waals surface area contributed by atoms with Crippen LogP contribution in [0.25, 0.3) is 43.6 Å². The molecule has 22 rings (SSSR count). The smallest absolute Gasteiger partial charge is 0.451 e. The van der Waals surface area contributed by atoms with Gasteiger partial charge in [-0.3, -0.25) is 39.1 Å². The van der Waals surface area contributed by atoms with Crippen LogP contribution in [0.1, 0.15) is 155 Å². The third kappa shape index (κ3) is 20.3. The van der Waals surface area contributed by atoms with Crippen molar-refractivity contribution in [3.8, 4) is 5.75 Å². The van der Waals surface area contributed by atoms with Crippen molar-refractivity contribution in [2.75, 3.05) is 105 Å². The minimum atomic E-state index is -4.60. The van der Waals surface area contributed by atoms with Crippen LogP contribution in [0.5, 0.6) is 5.75 Å². The molecule has 10 aliphatic rings. The van der Waals surface area contributed by atoms with E-state index in [9.17, 15) is 89.4 Å². The van der Waals surface area contributed by atoms with Gasteiger partial charge in [0, 0.05) is 197 Å². The van der Waals surface area contributed by atoms with Crippen molar-refractivity contribution < 1.29 is 94.2 Å². The van der Waals surface area contributed by atoms with E-state index in [-0.39, 0.29) is 190 Å². The largest absolute Gasteiger partial charge is 0.493 e. The summed E-state index contributed by atoms with van der Waals surface area (Å²) in [6.07, 6.45) is -9.18. The second kappa shape index (κ2) is 38.9. The molecule has 0 N–H and O–H groups in total. The Bertz CT molecular complexity index is 6760. The zero-order chi connectivity index (χ0) is 100. The fraction of sp³-hybridized carbons (Fsp3) is 0.505.